The van der Waals surface area contributed by atoms with Gasteiger partial charge in [0.1, 0.15) is 0 Å². The number of hydrogen-bond acceptors (Lipinski definition) is 6. The van der Waals surface area contributed by atoms with Crippen molar-refractivity contribution in [3.05, 3.63) is 0 Å². The molecule has 0 aliphatic carbocycles. The van der Waals surface area contributed by atoms with E-state index in [0.717, 1.165) is 19.3 Å². The average Bonchev–Trinajstić information content (AvgIpc) is 2.76. The molecule has 6 nitrogen and oxygen atoms in total. The Balaban J connectivity index is 2.22. The molecule has 1 rings (SSSR count). The molecule has 1 heterocycles. The maximum Gasteiger partial charge on any atom is 0.407 e. The largest absolute Gasteiger partial charge is 0.469 e. The average molecular weight is 305 g/mol. The number of rotatable bonds is 7. The number of hydrogen-bond donors (Lipinski definition) is 2. The second kappa shape index (κ2) is 9.07. The number of nitrogens with one attached hydrogen (secondary N) is 1. The fraction of sp³-hybridized carbons (Fsp3) is 0.846. The molecule has 0 radical (unpaired) electrons. The van der Waals surface area contributed by atoms with Crippen molar-refractivity contribution in [2.45, 2.75) is 50.0 Å². The minimum absolute atomic E-state index is 0.0968. The first kappa shape index (κ1) is 17.1. The van der Waals surface area contributed by atoms with Crippen LogP contribution in [0.4, 0.5) is 4.79 Å². The molecule has 1 aliphatic rings. The van der Waals surface area contributed by atoms with Gasteiger partial charge in [0.25, 0.3) is 0 Å². The van der Waals surface area contributed by atoms with Gasteiger partial charge >= 0.3 is 12.1 Å². The monoisotopic (exact) mass is 305 g/mol. The van der Waals surface area contributed by atoms with Crippen LogP contribution in [0.15, 0.2) is 0 Å². The molecule has 0 spiro atoms. The Kier molecular flexibility index (Phi) is 7.76. The van der Waals surface area contributed by atoms with Crippen LogP contribution in [-0.4, -0.2) is 54.0 Å². The predicted octanol–water partition coefficient (Wildman–Crippen LogP) is 1.31. The fourth-order valence-corrected chi connectivity index (χ4v) is 3.56. The predicted molar refractivity (Wildman–Crippen MR) is 76.7 cm³/mol. The van der Waals surface area contributed by atoms with E-state index in [1.54, 1.807) is 18.7 Å². The zero-order valence-corrected chi connectivity index (χ0v) is 12.8. The van der Waals surface area contributed by atoms with Gasteiger partial charge in [-0.2, -0.15) is 11.8 Å². The summed E-state index contributed by atoms with van der Waals surface area (Å²) in [6, 6.07) is -0.260. The van der Waals surface area contributed by atoms with Crippen LogP contribution in [0.2, 0.25) is 0 Å². The zero-order valence-electron chi connectivity index (χ0n) is 12.0. The number of alkyl carbamates (subject to hydrolysis) is 1. The van der Waals surface area contributed by atoms with Gasteiger partial charge in [-0.3, -0.25) is 4.79 Å². The Morgan fingerprint density at radius 1 is 1.40 bits per heavy atom. The Bertz CT molecular complexity index is 326. The van der Waals surface area contributed by atoms with Crippen LogP contribution in [0.25, 0.3) is 0 Å². The SMILES string of the molecule is CCOC(=O)NC1CSC(CCCCC(=O)OC)C1O. The molecule has 1 amide bonds. The van der Waals surface area contributed by atoms with E-state index in [2.05, 4.69) is 10.1 Å². The van der Waals surface area contributed by atoms with Crippen LogP contribution in [-0.2, 0) is 14.3 Å². The first-order valence-corrected chi connectivity index (χ1v) is 7.93. The number of carbonyl (C=O) groups excluding carboxylic acids is 2. The maximum absolute atomic E-state index is 11.3. The number of unbranched alkanes of at least 4 members (excludes halogenated alkanes) is 1. The minimum Gasteiger partial charge on any atom is -0.469 e. The summed E-state index contributed by atoms with van der Waals surface area (Å²) >= 11 is 1.65. The first-order valence-electron chi connectivity index (χ1n) is 6.88. The molecule has 0 aromatic carbocycles. The highest BCUT2D eigenvalue weighted by Crippen LogP contribution is 2.31. The second-order valence-electron chi connectivity index (χ2n) is 4.66. The van der Waals surface area contributed by atoms with Gasteiger partial charge < -0.3 is 19.9 Å². The number of aliphatic hydroxyl groups is 1. The van der Waals surface area contributed by atoms with Gasteiger partial charge in [0.2, 0.25) is 0 Å². The van der Waals surface area contributed by atoms with Gasteiger partial charge in [-0.25, -0.2) is 4.79 Å². The van der Waals surface area contributed by atoms with E-state index in [0.29, 0.717) is 18.8 Å². The van der Waals surface area contributed by atoms with Crippen molar-refractivity contribution >= 4 is 23.8 Å². The molecule has 0 aromatic heterocycles. The van der Waals surface area contributed by atoms with Crippen LogP contribution in [0.1, 0.15) is 32.6 Å². The highest BCUT2D eigenvalue weighted by molar-refractivity contribution is 8.00. The molecule has 116 valence electrons. The number of esters is 1. The van der Waals surface area contributed by atoms with Crippen molar-refractivity contribution in [3.63, 3.8) is 0 Å². The normalized spacial score (nSPS) is 25.2. The molecule has 3 unspecified atom stereocenters. The molecule has 2 N–H and O–H groups in total. The van der Waals surface area contributed by atoms with Gasteiger partial charge in [0, 0.05) is 17.4 Å². The summed E-state index contributed by atoms with van der Waals surface area (Å²) in [6.07, 6.45) is 1.80. The Morgan fingerprint density at radius 2 is 2.15 bits per heavy atom. The Hall–Kier alpha value is -0.950. The summed E-state index contributed by atoms with van der Waals surface area (Å²) in [5, 5.41) is 12.9. The lowest BCUT2D eigenvalue weighted by molar-refractivity contribution is -0.140. The third-order valence-electron chi connectivity index (χ3n) is 3.21. The summed E-state index contributed by atoms with van der Waals surface area (Å²) in [6.45, 7) is 2.06. The third kappa shape index (κ3) is 5.58. The number of aliphatic hydroxyl groups excluding tert-OH is 1. The summed E-state index contributed by atoms with van der Waals surface area (Å²) in [7, 11) is 1.38. The number of ether oxygens (including phenoxy) is 2. The lowest BCUT2D eigenvalue weighted by Gasteiger charge is -2.19. The van der Waals surface area contributed by atoms with Crippen molar-refractivity contribution in [1.29, 1.82) is 0 Å². The molecule has 20 heavy (non-hydrogen) atoms. The van der Waals surface area contributed by atoms with E-state index in [9.17, 15) is 14.7 Å². The number of amides is 1. The van der Waals surface area contributed by atoms with Gasteiger partial charge in [-0.15, -0.1) is 0 Å². The van der Waals surface area contributed by atoms with E-state index in [1.807, 2.05) is 0 Å². The van der Waals surface area contributed by atoms with Crippen molar-refractivity contribution in [1.82, 2.24) is 5.32 Å². The van der Waals surface area contributed by atoms with E-state index in [4.69, 9.17) is 4.74 Å². The van der Waals surface area contributed by atoms with Gasteiger partial charge in [-0.05, 0) is 19.8 Å². The zero-order chi connectivity index (χ0) is 15.0. The van der Waals surface area contributed by atoms with Crippen molar-refractivity contribution in [2.75, 3.05) is 19.5 Å². The topological polar surface area (TPSA) is 84.9 Å². The summed E-state index contributed by atoms with van der Waals surface area (Å²) in [5.74, 6) is 0.480. The van der Waals surface area contributed by atoms with Crippen LogP contribution >= 0.6 is 11.8 Å². The molecule has 7 heteroatoms. The molecular weight excluding hydrogens is 282 g/mol. The maximum atomic E-state index is 11.3. The molecule has 1 saturated heterocycles. The molecule has 1 aliphatic heterocycles. The van der Waals surface area contributed by atoms with Gasteiger partial charge in [-0.1, -0.05) is 6.42 Å². The van der Waals surface area contributed by atoms with Crippen molar-refractivity contribution in [3.8, 4) is 0 Å². The van der Waals surface area contributed by atoms with Crippen LogP contribution < -0.4 is 5.32 Å². The molecule has 0 aromatic rings. The minimum atomic E-state index is -0.567. The third-order valence-corrected chi connectivity index (χ3v) is 4.70. The molecule has 3 atom stereocenters. The van der Waals surface area contributed by atoms with E-state index >= 15 is 0 Å². The van der Waals surface area contributed by atoms with E-state index in [1.165, 1.54) is 7.11 Å². The standard InChI is InChI=1S/C13H23NO5S/c1-3-19-13(17)14-9-8-20-10(12(9)16)6-4-5-7-11(15)18-2/h9-10,12,16H,3-8H2,1-2H3,(H,14,17). The molecular formula is C13H23NO5S. The van der Waals surface area contributed by atoms with Crippen molar-refractivity contribution < 1.29 is 24.2 Å². The van der Waals surface area contributed by atoms with E-state index < -0.39 is 12.2 Å². The van der Waals surface area contributed by atoms with Crippen LogP contribution in [0.3, 0.4) is 0 Å². The van der Waals surface area contributed by atoms with Gasteiger partial charge in [0.15, 0.2) is 0 Å². The fourth-order valence-electron chi connectivity index (χ4n) is 2.11. The molecule has 0 saturated carbocycles. The summed E-state index contributed by atoms with van der Waals surface area (Å²) in [5.41, 5.74) is 0. The molecule has 0 bridgehead atoms. The van der Waals surface area contributed by atoms with E-state index in [-0.39, 0.29) is 17.3 Å². The smallest absolute Gasteiger partial charge is 0.407 e. The van der Waals surface area contributed by atoms with Crippen molar-refractivity contribution in [2.24, 2.45) is 0 Å². The first-order chi connectivity index (χ1) is 9.58. The Labute approximate surface area is 123 Å². The second-order valence-corrected chi connectivity index (χ2v) is 5.93. The highest BCUT2D eigenvalue weighted by Gasteiger charge is 2.36. The summed E-state index contributed by atoms with van der Waals surface area (Å²) in [4.78, 5) is 22.3. The Morgan fingerprint density at radius 3 is 2.80 bits per heavy atom. The quantitative estimate of drug-likeness (QED) is 0.545. The lowest BCUT2D eigenvalue weighted by atomic mass is 10.0. The highest BCUT2D eigenvalue weighted by atomic mass is 32.2. The molecule has 1 fully saturated rings. The number of carbonyl (C=O) groups is 2. The number of methoxy groups -OCH3 is 1. The van der Waals surface area contributed by atoms with Crippen LogP contribution in [0.5, 0.6) is 0 Å². The van der Waals surface area contributed by atoms with Crippen LogP contribution in [0, 0.1) is 0 Å². The lowest BCUT2D eigenvalue weighted by Crippen LogP contribution is -2.44. The summed E-state index contributed by atoms with van der Waals surface area (Å²) < 4.78 is 9.38. The number of thioether (sulfide) groups is 1. The van der Waals surface area contributed by atoms with Gasteiger partial charge in [0.05, 0.1) is 25.9 Å².